The van der Waals surface area contributed by atoms with E-state index in [2.05, 4.69) is 42.6 Å². The summed E-state index contributed by atoms with van der Waals surface area (Å²) < 4.78 is 10.7. The Bertz CT molecular complexity index is 856. The molecule has 1 heterocycles. The fourth-order valence-electron chi connectivity index (χ4n) is 4.22. The van der Waals surface area contributed by atoms with Crippen LogP contribution in [0.5, 0.6) is 5.75 Å². The normalized spacial score (nSPS) is 22.5. The summed E-state index contributed by atoms with van der Waals surface area (Å²) in [5.41, 5.74) is 3.88. The average molecular weight is 363 g/mol. The zero-order valence-electron chi connectivity index (χ0n) is 15.8. The number of esters is 1. The van der Waals surface area contributed by atoms with Gasteiger partial charge in [0.15, 0.2) is 0 Å². The van der Waals surface area contributed by atoms with Crippen LogP contribution in [0, 0.1) is 5.92 Å². The number of ether oxygens (including phenoxy) is 2. The molecule has 2 aromatic rings. The van der Waals surface area contributed by atoms with Crippen LogP contribution in [0.3, 0.4) is 0 Å². The van der Waals surface area contributed by atoms with Gasteiger partial charge >= 0.3 is 5.97 Å². The van der Waals surface area contributed by atoms with Gasteiger partial charge in [-0.15, -0.1) is 0 Å². The van der Waals surface area contributed by atoms with Crippen molar-refractivity contribution in [3.63, 3.8) is 0 Å². The third kappa shape index (κ3) is 3.20. The first-order valence-corrected chi connectivity index (χ1v) is 9.60. The predicted molar refractivity (Wildman–Crippen MR) is 106 cm³/mol. The fourth-order valence-corrected chi connectivity index (χ4v) is 4.22. The molecule has 0 fully saturated rings. The monoisotopic (exact) mass is 363 g/mol. The van der Waals surface area contributed by atoms with Crippen LogP contribution in [-0.4, -0.2) is 19.7 Å². The molecule has 0 unspecified atom stereocenters. The van der Waals surface area contributed by atoms with E-state index in [1.54, 1.807) is 0 Å². The molecule has 0 spiro atoms. The zero-order valence-corrected chi connectivity index (χ0v) is 15.8. The Labute approximate surface area is 160 Å². The largest absolute Gasteiger partial charge is 0.494 e. The lowest BCUT2D eigenvalue weighted by Gasteiger charge is -2.38. The van der Waals surface area contributed by atoms with Gasteiger partial charge in [-0.05, 0) is 48.1 Å². The minimum atomic E-state index is -0.304. The topological polar surface area (TPSA) is 47.6 Å². The van der Waals surface area contributed by atoms with Crippen LogP contribution in [-0.2, 0) is 4.74 Å². The molecule has 1 aliphatic heterocycles. The molecule has 1 N–H and O–H groups in total. The molecular formula is C23H25NO3. The van der Waals surface area contributed by atoms with E-state index >= 15 is 0 Å². The van der Waals surface area contributed by atoms with Gasteiger partial charge in [0.05, 0.1) is 31.0 Å². The molecule has 0 amide bonds. The molecule has 0 saturated carbocycles. The second-order valence-electron chi connectivity index (χ2n) is 7.15. The lowest BCUT2D eigenvalue weighted by Crippen LogP contribution is -2.30. The van der Waals surface area contributed by atoms with Crippen molar-refractivity contribution in [1.29, 1.82) is 0 Å². The zero-order chi connectivity index (χ0) is 18.8. The summed E-state index contributed by atoms with van der Waals surface area (Å²) in [6.07, 6.45) is 6.55. The Morgan fingerprint density at radius 1 is 1.19 bits per heavy atom. The number of hydrogen-bond acceptors (Lipinski definition) is 4. The van der Waals surface area contributed by atoms with Crippen LogP contribution in [0.2, 0.25) is 0 Å². The molecule has 0 aromatic heterocycles. The number of benzene rings is 2. The summed E-state index contributed by atoms with van der Waals surface area (Å²) in [5.74, 6) is 1.34. The van der Waals surface area contributed by atoms with Gasteiger partial charge in [0, 0.05) is 5.92 Å². The molecule has 4 heteroatoms. The predicted octanol–water partition coefficient (Wildman–Crippen LogP) is 5.09. The van der Waals surface area contributed by atoms with Crippen LogP contribution in [0.1, 0.15) is 53.2 Å². The Hall–Kier alpha value is -2.75. The van der Waals surface area contributed by atoms with Crippen LogP contribution in [0.4, 0.5) is 5.69 Å². The lowest BCUT2D eigenvalue weighted by atomic mass is 9.76. The van der Waals surface area contributed by atoms with E-state index in [0.29, 0.717) is 17.4 Å². The standard InChI is InChI=1S/C23H25NO3/c1-3-14-27-16-12-10-15(11-13-16)21-18-7-4-6-17(18)19-8-5-9-20(22(19)24-21)23(25)26-2/h4-6,8-13,17-18,21,24H,3,7,14H2,1-2H3/t17-,18+,21+/m1/s1. The number of nitrogens with one attached hydrogen (secondary N) is 1. The summed E-state index contributed by atoms with van der Waals surface area (Å²) in [5, 5.41) is 3.65. The smallest absolute Gasteiger partial charge is 0.339 e. The highest BCUT2D eigenvalue weighted by Crippen LogP contribution is 2.50. The Morgan fingerprint density at radius 3 is 2.74 bits per heavy atom. The second-order valence-corrected chi connectivity index (χ2v) is 7.15. The van der Waals surface area contributed by atoms with Gasteiger partial charge in [-0.3, -0.25) is 0 Å². The summed E-state index contributed by atoms with van der Waals surface area (Å²) in [6.45, 7) is 2.83. The lowest BCUT2D eigenvalue weighted by molar-refractivity contribution is 0.0601. The molecule has 2 aliphatic rings. The van der Waals surface area contributed by atoms with Crippen molar-refractivity contribution in [3.05, 3.63) is 71.3 Å². The summed E-state index contributed by atoms with van der Waals surface area (Å²) in [6, 6.07) is 14.3. The Balaban J connectivity index is 1.69. The molecule has 1 aliphatic carbocycles. The molecular weight excluding hydrogens is 338 g/mol. The summed E-state index contributed by atoms with van der Waals surface area (Å²) in [4.78, 5) is 12.3. The number of methoxy groups -OCH3 is 1. The van der Waals surface area contributed by atoms with Gasteiger partial charge in [0.25, 0.3) is 0 Å². The van der Waals surface area contributed by atoms with Gasteiger partial charge in [-0.25, -0.2) is 4.79 Å². The second kappa shape index (κ2) is 7.47. The van der Waals surface area contributed by atoms with Crippen molar-refractivity contribution in [2.24, 2.45) is 5.92 Å². The van der Waals surface area contributed by atoms with Crippen molar-refractivity contribution in [3.8, 4) is 5.75 Å². The van der Waals surface area contributed by atoms with Crippen LogP contribution < -0.4 is 10.1 Å². The minimum absolute atomic E-state index is 0.142. The maximum Gasteiger partial charge on any atom is 0.339 e. The first kappa shape index (κ1) is 17.7. The van der Waals surface area contributed by atoms with Crippen LogP contribution in [0.15, 0.2) is 54.6 Å². The van der Waals surface area contributed by atoms with Gasteiger partial charge in [-0.2, -0.15) is 0 Å². The van der Waals surface area contributed by atoms with E-state index in [1.165, 1.54) is 18.2 Å². The average Bonchev–Trinajstić information content (AvgIpc) is 3.21. The van der Waals surface area contributed by atoms with Crippen molar-refractivity contribution in [2.75, 3.05) is 19.0 Å². The number of rotatable bonds is 5. The van der Waals surface area contributed by atoms with E-state index in [0.717, 1.165) is 30.9 Å². The van der Waals surface area contributed by atoms with Gasteiger partial charge in [0.1, 0.15) is 5.75 Å². The van der Waals surface area contributed by atoms with Gasteiger partial charge in [0.2, 0.25) is 0 Å². The van der Waals surface area contributed by atoms with E-state index in [9.17, 15) is 4.79 Å². The number of para-hydroxylation sites is 1. The highest BCUT2D eigenvalue weighted by atomic mass is 16.5. The maximum absolute atomic E-state index is 12.3. The van der Waals surface area contributed by atoms with E-state index in [4.69, 9.17) is 9.47 Å². The summed E-state index contributed by atoms with van der Waals surface area (Å²) >= 11 is 0. The fraction of sp³-hybridized carbons (Fsp3) is 0.348. The Kier molecular flexibility index (Phi) is 4.88. The number of anilines is 1. The molecule has 3 atom stereocenters. The maximum atomic E-state index is 12.3. The van der Waals surface area contributed by atoms with Gasteiger partial charge in [-0.1, -0.05) is 43.3 Å². The molecule has 27 heavy (non-hydrogen) atoms. The van der Waals surface area contributed by atoms with Crippen LogP contribution in [0.25, 0.3) is 0 Å². The third-order valence-electron chi connectivity index (χ3n) is 5.51. The molecule has 2 aromatic carbocycles. The minimum Gasteiger partial charge on any atom is -0.494 e. The number of allylic oxidation sites excluding steroid dienone is 2. The quantitative estimate of drug-likeness (QED) is 0.594. The van der Waals surface area contributed by atoms with E-state index < -0.39 is 0 Å². The van der Waals surface area contributed by atoms with E-state index in [1.807, 2.05) is 24.3 Å². The van der Waals surface area contributed by atoms with Crippen molar-refractivity contribution in [1.82, 2.24) is 0 Å². The van der Waals surface area contributed by atoms with E-state index in [-0.39, 0.29) is 12.0 Å². The van der Waals surface area contributed by atoms with Gasteiger partial charge < -0.3 is 14.8 Å². The SMILES string of the molecule is CCCOc1ccc([C@@H]2Nc3c(C(=O)OC)cccc3[C@@H]3C=CC[C@@H]32)cc1. The highest BCUT2D eigenvalue weighted by Gasteiger charge is 2.39. The van der Waals surface area contributed by atoms with Crippen molar-refractivity contribution < 1.29 is 14.3 Å². The molecule has 0 radical (unpaired) electrons. The first-order valence-electron chi connectivity index (χ1n) is 9.60. The highest BCUT2D eigenvalue weighted by molar-refractivity contribution is 5.97. The molecule has 4 nitrogen and oxygen atoms in total. The third-order valence-corrected chi connectivity index (χ3v) is 5.51. The van der Waals surface area contributed by atoms with Crippen LogP contribution >= 0.6 is 0 Å². The molecule has 0 bridgehead atoms. The number of fused-ring (bicyclic) bond motifs is 3. The number of carbonyl (C=O) groups is 1. The molecule has 4 rings (SSSR count). The first-order chi connectivity index (χ1) is 13.2. The number of carbonyl (C=O) groups excluding carboxylic acids is 1. The van der Waals surface area contributed by atoms with Crippen molar-refractivity contribution >= 4 is 11.7 Å². The van der Waals surface area contributed by atoms with Crippen molar-refractivity contribution in [2.45, 2.75) is 31.7 Å². The number of hydrogen-bond donors (Lipinski definition) is 1. The molecule has 140 valence electrons. The Morgan fingerprint density at radius 2 is 2.00 bits per heavy atom. The molecule has 0 saturated heterocycles. The summed E-state index contributed by atoms with van der Waals surface area (Å²) in [7, 11) is 1.43.